The first kappa shape index (κ1) is 18.0. The normalized spacial score (nSPS) is 21.7. The molecule has 128 valence electrons. The number of hydrogen-bond acceptors (Lipinski definition) is 2. The Balaban J connectivity index is 2.03. The van der Waals surface area contributed by atoms with E-state index >= 15 is 0 Å². The molecule has 1 N–H and O–H groups in total. The summed E-state index contributed by atoms with van der Waals surface area (Å²) in [6.07, 6.45) is 3.49. The Morgan fingerprint density at radius 1 is 1.30 bits per heavy atom. The molecule has 0 radical (unpaired) electrons. The van der Waals surface area contributed by atoms with E-state index < -0.39 is 0 Å². The molecular weight excluding hydrogens is 286 g/mol. The van der Waals surface area contributed by atoms with Gasteiger partial charge in [0.1, 0.15) is 0 Å². The van der Waals surface area contributed by atoms with Crippen molar-refractivity contribution in [1.82, 2.24) is 4.90 Å². The van der Waals surface area contributed by atoms with Crippen LogP contribution in [0.3, 0.4) is 0 Å². The molecular formula is C20H31NO2. The number of aliphatic hydroxyl groups is 1. The molecule has 1 atom stereocenters. The molecule has 1 amide bonds. The Hall–Kier alpha value is -1.35. The third kappa shape index (κ3) is 4.14. The number of likely N-dealkylation sites (tertiary alicyclic amines) is 1. The van der Waals surface area contributed by atoms with Crippen LogP contribution in [0.25, 0.3) is 0 Å². The van der Waals surface area contributed by atoms with Gasteiger partial charge in [-0.3, -0.25) is 4.79 Å². The van der Waals surface area contributed by atoms with Crippen LogP contribution in [-0.2, 0) is 10.2 Å². The summed E-state index contributed by atoms with van der Waals surface area (Å²) in [4.78, 5) is 14.7. The molecule has 1 heterocycles. The maximum atomic E-state index is 12.8. The van der Waals surface area contributed by atoms with Crippen LogP contribution in [0, 0.1) is 12.3 Å². The van der Waals surface area contributed by atoms with Crippen molar-refractivity contribution < 1.29 is 9.90 Å². The summed E-state index contributed by atoms with van der Waals surface area (Å²) in [5, 5.41) is 9.75. The van der Waals surface area contributed by atoms with Gasteiger partial charge in [-0.05, 0) is 30.7 Å². The molecule has 0 bridgehead atoms. The second kappa shape index (κ2) is 7.04. The highest BCUT2D eigenvalue weighted by atomic mass is 16.3. The van der Waals surface area contributed by atoms with Crippen molar-refractivity contribution in [3.8, 4) is 0 Å². The molecule has 0 aromatic heterocycles. The summed E-state index contributed by atoms with van der Waals surface area (Å²) in [5.41, 5.74) is 2.21. The number of aliphatic hydroxyl groups excluding tert-OH is 1. The van der Waals surface area contributed by atoms with Gasteiger partial charge in [-0.15, -0.1) is 0 Å². The summed E-state index contributed by atoms with van der Waals surface area (Å²) in [5.74, 6) is 0.210. The number of carbonyl (C=O) groups excluding carboxylic acids is 1. The summed E-state index contributed by atoms with van der Waals surface area (Å²) < 4.78 is 0. The van der Waals surface area contributed by atoms with Crippen molar-refractivity contribution in [3.05, 3.63) is 35.4 Å². The van der Waals surface area contributed by atoms with E-state index in [1.165, 1.54) is 11.1 Å². The van der Waals surface area contributed by atoms with E-state index in [0.29, 0.717) is 13.0 Å². The van der Waals surface area contributed by atoms with Crippen LogP contribution in [0.15, 0.2) is 24.3 Å². The van der Waals surface area contributed by atoms with Gasteiger partial charge < -0.3 is 10.0 Å². The van der Waals surface area contributed by atoms with E-state index in [2.05, 4.69) is 52.0 Å². The van der Waals surface area contributed by atoms with Gasteiger partial charge in [0.05, 0.1) is 6.61 Å². The third-order valence-electron chi connectivity index (χ3n) is 5.33. The fourth-order valence-corrected chi connectivity index (χ4v) is 3.69. The van der Waals surface area contributed by atoms with Gasteiger partial charge in [0.2, 0.25) is 5.91 Å². The Morgan fingerprint density at radius 2 is 1.96 bits per heavy atom. The first-order chi connectivity index (χ1) is 10.8. The minimum atomic E-state index is -0.167. The average molecular weight is 317 g/mol. The Bertz CT molecular complexity index is 535. The quantitative estimate of drug-likeness (QED) is 0.869. The lowest BCUT2D eigenvalue weighted by Crippen LogP contribution is -2.37. The van der Waals surface area contributed by atoms with E-state index in [1.54, 1.807) is 0 Å². The summed E-state index contributed by atoms with van der Waals surface area (Å²) in [6.45, 7) is 10.2. The number of carbonyl (C=O) groups is 1. The van der Waals surface area contributed by atoms with E-state index in [1.807, 2.05) is 4.90 Å². The fourth-order valence-electron chi connectivity index (χ4n) is 3.69. The molecule has 0 aliphatic carbocycles. The smallest absolute Gasteiger partial charge is 0.223 e. The molecule has 1 saturated heterocycles. The van der Waals surface area contributed by atoms with Crippen molar-refractivity contribution in [2.45, 2.75) is 58.8 Å². The number of nitrogens with zero attached hydrogens (tertiary/aromatic N) is 1. The van der Waals surface area contributed by atoms with Crippen molar-refractivity contribution in [2.75, 3.05) is 19.7 Å². The van der Waals surface area contributed by atoms with Crippen LogP contribution >= 0.6 is 0 Å². The van der Waals surface area contributed by atoms with Crippen molar-refractivity contribution in [3.63, 3.8) is 0 Å². The minimum absolute atomic E-state index is 0.0710. The lowest BCUT2D eigenvalue weighted by molar-refractivity contribution is -0.131. The largest absolute Gasteiger partial charge is 0.396 e. The van der Waals surface area contributed by atoms with Gasteiger partial charge in [-0.1, -0.05) is 57.0 Å². The summed E-state index contributed by atoms with van der Waals surface area (Å²) in [6, 6.07) is 8.47. The molecule has 1 aromatic carbocycles. The van der Waals surface area contributed by atoms with Crippen LogP contribution in [-0.4, -0.2) is 35.6 Å². The van der Waals surface area contributed by atoms with Crippen LogP contribution in [0.4, 0.5) is 0 Å². The topological polar surface area (TPSA) is 40.5 Å². The molecule has 2 rings (SSSR count). The van der Waals surface area contributed by atoms with E-state index in [9.17, 15) is 9.90 Å². The predicted molar refractivity (Wildman–Crippen MR) is 94.4 cm³/mol. The van der Waals surface area contributed by atoms with Crippen LogP contribution in [0.5, 0.6) is 0 Å². The first-order valence-electron chi connectivity index (χ1n) is 8.78. The highest BCUT2D eigenvalue weighted by Crippen LogP contribution is 2.36. The van der Waals surface area contributed by atoms with Gasteiger partial charge in [0, 0.05) is 24.9 Å². The van der Waals surface area contributed by atoms with Gasteiger partial charge in [-0.2, -0.15) is 0 Å². The van der Waals surface area contributed by atoms with Crippen LogP contribution in [0.2, 0.25) is 0 Å². The van der Waals surface area contributed by atoms with E-state index in [-0.39, 0.29) is 23.3 Å². The Labute approximate surface area is 140 Å². The van der Waals surface area contributed by atoms with Gasteiger partial charge >= 0.3 is 0 Å². The Morgan fingerprint density at radius 3 is 2.52 bits per heavy atom. The number of hydrogen-bond donors (Lipinski definition) is 1. The molecule has 1 aromatic rings. The third-order valence-corrected chi connectivity index (χ3v) is 5.33. The zero-order valence-corrected chi connectivity index (χ0v) is 15.1. The number of aryl methyl sites for hydroxylation is 1. The van der Waals surface area contributed by atoms with Crippen molar-refractivity contribution >= 4 is 5.91 Å². The monoisotopic (exact) mass is 317 g/mol. The van der Waals surface area contributed by atoms with Gasteiger partial charge in [0.25, 0.3) is 0 Å². The first-order valence-corrected chi connectivity index (χ1v) is 8.78. The van der Waals surface area contributed by atoms with Gasteiger partial charge in [-0.25, -0.2) is 0 Å². The lowest BCUT2D eigenvalue weighted by Gasteiger charge is -2.30. The van der Waals surface area contributed by atoms with Crippen molar-refractivity contribution in [2.24, 2.45) is 5.41 Å². The number of rotatable bonds is 6. The maximum Gasteiger partial charge on any atom is 0.223 e. The summed E-state index contributed by atoms with van der Waals surface area (Å²) >= 11 is 0. The molecule has 3 heteroatoms. The second-order valence-electron chi connectivity index (χ2n) is 7.90. The Kier molecular flexibility index (Phi) is 5.51. The van der Waals surface area contributed by atoms with Crippen molar-refractivity contribution in [1.29, 1.82) is 0 Å². The molecule has 23 heavy (non-hydrogen) atoms. The molecule has 0 saturated carbocycles. The van der Waals surface area contributed by atoms with Gasteiger partial charge in [0.15, 0.2) is 0 Å². The standard InChI is InChI=1S/C20H31NO2/c1-5-10-20(15-22)11-12-21(14-20)18(23)13-19(3,4)17-8-6-16(2)7-9-17/h6-9,22H,5,10-15H2,1-4H3. The molecule has 0 spiro atoms. The SMILES string of the molecule is CCCC1(CO)CCN(C(=O)CC(C)(C)c2ccc(C)cc2)C1. The highest BCUT2D eigenvalue weighted by molar-refractivity contribution is 5.78. The van der Waals surface area contributed by atoms with E-state index in [0.717, 1.165) is 25.8 Å². The highest BCUT2D eigenvalue weighted by Gasteiger charge is 2.39. The number of benzene rings is 1. The molecule has 1 unspecified atom stereocenters. The van der Waals surface area contributed by atoms with Crippen LogP contribution < -0.4 is 0 Å². The van der Waals surface area contributed by atoms with Crippen LogP contribution in [0.1, 0.15) is 57.6 Å². The molecule has 1 fully saturated rings. The van der Waals surface area contributed by atoms with E-state index in [4.69, 9.17) is 0 Å². The molecule has 1 aliphatic rings. The second-order valence-corrected chi connectivity index (χ2v) is 7.90. The number of amides is 1. The average Bonchev–Trinajstić information content (AvgIpc) is 2.93. The molecule has 3 nitrogen and oxygen atoms in total. The fraction of sp³-hybridized carbons (Fsp3) is 0.650. The maximum absolute atomic E-state index is 12.8. The lowest BCUT2D eigenvalue weighted by atomic mass is 9.80. The predicted octanol–water partition coefficient (Wildman–Crippen LogP) is 3.67. The zero-order valence-electron chi connectivity index (χ0n) is 15.1. The zero-order chi connectivity index (χ0) is 17.1. The molecule has 1 aliphatic heterocycles. The summed E-state index contributed by atoms with van der Waals surface area (Å²) in [7, 11) is 0. The minimum Gasteiger partial charge on any atom is -0.396 e.